The third kappa shape index (κ3) is 1.34. The summed E-state index contributed by atoms with van der Waals surface area (Å²) in [6.07, 6.45) is 0.467. The van der Waals surface area contributed by atoms with Crippen LogP contribution >= 0.6 is 0 Å². The Morgan fingerprint density at radius 1 is 1.30 bits per heavy atom. The number of carboxylic acid groups (broad SMARTS) is 2. The van der Waals surface area contributed by atoms with Crippen LogP contribution < -0.4 is 5.73 Å². The molecule has 0 saturated heterocycles. The van der Waals surface area contributed by atoms with E-state index in [0.717, 1.165) is 0 Å². The van der Waals surface area contributed by atoms with Gasteiger partial charge in [-0.1, -0.05) is 13.8 Å². The minimum Gasteiger partial charge on any atom is -0.481 e. The Hall–Kier alpha value is -1.70. The molecular weight excluding hydrogens is 268 g/mol. The summed E-state index contributed by atoms with van der Waals surface area (Å²) in [5.74, 6) is -5.23. The molecule has 0 heterocycles. The average Bonchev–Trinajstić information content (AvgIpc) is 3.04. The van der Waals surface area contributed by atoms with Gasteiger partial charge in [0.1, 0.15) is 5.54 Å². The number of rotatable bonds is 5. The molecule has 0 aromatic heterocycles. The maximum atomic E-state index is 11.7. The molecule has 0 radical (unpaired) electrons. The molecule has 0 bridgehead atoms. The highest BCUT2D eigenvalue weighted by Gasteiger charge is 2.86. The highest BCUT2D eigenvalue weighted by Crippen LogP contribution is 2.70. The summed E-state index contributed by atoms with van der Waals surface area (Å²) in [4.78, 5) is 33.7. The Bertz CT molecular complexity index is 488. The first-order valence-corrected chi connectivity index (χ1v) is 6.59. The van der Waals surface area contributed by atoms with Crippen LogP contribution in [0.4, 0.5) is 0 Å². The molecule has 2 fully saturated rings. The molecule has 0 aromatic carbocycles. The summed E-state index contributed by atoms with van der Waals surface area (Å²) in [7, 11) is 0. The lowest BCUT2D eigenvalue weighted by atomic mass is 9.62. The molecule has 8 heteroatoms. The van der Waals surface area contributed by atoms with Crippen LogP contribution in [0.2, 0.25) is 0 Å². The molecule has 2 aliphatic carbocycles. The van der Waals surface area contributed by atoms with E-state index >= 15 is 0 Å². The number of nitrogens with two attached hydrogens (primary N) is 1. The fraction of sp³-hybridized carbons (Fsp3) is 0.833. The number of nitro groups is 1. The highest BCUT2D eigenvalue weighted by atomic mass is 16.6. The van der Waals surface area contributed by atoms with Crippen LogP contribution in [-0.2, 0) is 9.59 Å². The van der Waals surface area contributed by atoms with E-state index in [-0.39, 0.29) is 12.8 Å². The lowest BCUT2D eigenvalue weighted by Crippen LogP contribution is -2.65. The van der Waals surface area contributed by atoms with Crippen molar-refractivity contribution in [1.82, 2.24) is 0 Å². The minimum atomic E-state index is -1.86. The SMILES string of the molecule is CCC1(CC)[C@H]([N+](=O)[O-])[C@@H]2[C@@H](C(=O)O)[C@H]2[C@@]1(N)C(=O)O. The first kappa shape index (κ1) is 14.7. The minimum absolute atomic E-state index is 0.233. The molecule has 0 aromatic rings. The summed E-state index contributed by atoms with van der Waals surface area (Å²) in [5, 5.41) is 30.1. The van der Waals surface area contributed by atoms with Gasteiger partial charge in [-0.25, -0.2) is 0 Å². The molecule has 0 spiro atoms. The van der Waals surface area contributed by atoms with Crippen LogP contribution in [0, 0.1) is 33.3 Å². The van der Waals surface area contributed by atoms with Gasteiger partial charge in [-0.15, -0.1) is 0 Å². The molecule has 0 unspecified atom stereocenters. The summed E-state index contributed by atoms with van der Waals surface area (Å²) in [5.41, 5.74) is 3.01. The second kappa shape index (κ2) is 4.15. The van der Waals surface area contributed by atoms with Gasteiger partial charge in [0.05, 0.1) is 11.3 Å². The predicted molar refractivity (Wildman–Crippen MR) is 66.5 cm³/mol. The van der Waals surface area contributed by atoms with Gasteiger partial charge in [0.15, 0.2) is 0 Å². The predicted octanol–water partition coefficient (Wildman–Crippen LogP) is 0.181. The molecule has 112 valence electrons. The smallest absolute Gasteiger partial charge is 0.324 e. The number of aliphatic carboxylic acids is 2. The van der Waals surface area contributed by atoms with Gasteiger partial charge < -0.3 is 15.9 Å². The van der Waals surface area contributed by atoms with Crippen LogP contribution in [-0.4, -0.2) is 38.7 Å². The van der Waals surface area contributed by atoms with E-state index in [9.17, 15) is 24.8 Å². The van der Waals surface area contributed by atoms with Gasteiger partial charge in [-0.3, -0.25) is 19.7 Å². The van der Waals surface area contributed by atoms with Gasteiger partial charge in [-0.2, -0.15) is 0 Å². The van der Waals surface area contributed by atoms with E-state index in [2.05, 4.69) is 0 Å². The fourth-order valence-corrected chi connectivity index (χ4v) is 4.53. The van der Waals surface area contributed by atoms with Crippen molar-refractivity contribution in [2.75, 3.05) is 0 Å². The van der Waals surface area contributed by atoms with Crippen molar-refractivity contribution in [3.8, 4) is 0 Å². The number of nitrogens with zero attached hydrogens (tertiary/aromatic N) is 1. The molecule has 2 saturated carbocycles. The van der Waals surface area contributed by atoms with E-state index in [1.54, 1.807) is 13.8 Å². The van der Waals surface area contributed by atoms with Crippen molar-refractivity contribution >= 4 is 11.9 Å². The van der Waals surface area contributed by atoms with E-state index in [1.807, 2.05) is 0 Å². The van der Waals surface area contributed by atoms with Gasteiger partial charge in [0, 0.05) is 16.8 Å². The van der Waals surface area contributed by atoms with Crippen molar-refractivity contribution in [3.63, 3.8) is 0 Å². The van der Waals surface area contributed by atoms with E-state index < -0.39 is 51.6 Å². The van der Waals surface area contributed by atoms with E-state index in [4.69, 9.17) is 10.8 Å². The number of carboxylic acids is 2. The van der Waals surface area contributed by atoms with Crippen LogP contribution in [0.3, 0.4) is 0 Å². The summed E-state index contributed by atoms with van der Waals surface area (Å²) in [6, 6.07) is -1.22. The molecule has 2 aliphatic rings. The van der Waals surface area contributed by atoms with Crippen LogP contribution in [0.1, 0.15) is 26.7 Å². The highest BCUT2D eigenvalue weighted by molar-refractivity contribution is 5.87. The quantitative estimate of drug-likeness (QED) is 0.483. The van der Waals surface area contributed by atoms with Crippen molar-refractivity contribution in [1.29, 1.82) is 0 Å². The Kier molecular flexibility index (Phi) is 3.05. The first-order chi connectivity index (χ1) is 9.20. The van der Waals surface area contributed by atoms with Gasteiger partial charge in [0.25, 0.3) is 0 Å². The Morgan fingerprint density at radius 3 is 2.10 bits per heavy atom. The largest absolute Gasteiger partial charge is 0.481 e. The average molecular weight is 286 g/mol. The molecule has 2 rings (SSSR count). The number of fused-ring (bicyclic) bond motifs is 1. The Morgan fingerprint density at radius 2 is 1.80 bits per heavy atom. The second-order valence-electron chi connectivity index (χ2n) is 5.73. The molecule has 0 amide bonds. The zero-order valence-corrected chi connectivity index (χ0v) is 11.3. The summed E-state index contributed by atoms with van der Waals surface area (Å²) >= 11 is 0. The van der Waals surface area contributed by atoms with Crippen molar-refractivity contribution in [2.24, 2.45) is 28.9 Å². The molecule has 8 nitrogen and oxygen atoms in total. The molecule has 4 N–H and O–H groups in total. The molecular formula is C12H18N2O6. The maximum absolute atomic E-state index is 11.7. The summed E-state index contributed by atoms with van der Waals surface area (Å²) in [6.45, 7) is 3.34. The van der Waals surface area contributed by atoms with Crippen LogP contribution in [0.25, 0.3) is 0 Å². The second-order valence-corrected chi connectivity index (χ2v) is 5.73. The molecule has 5 atom stereocenters. The Labute approximate surface area is 115 Å². The van der Waals surface area contributed by atoms with Crippen LogP contribution in [0.15, 0.2) is 0 Å². The number of hydrogen-bond donors (Lipinski definition) is 3. The van der Waals surface area contributed by atoms with Crippen molar-refractivity contribution in [3.05, 3.63) is 10.1 Å². The summed E-state index contributed by atoms with van der Waals surface area (Å²) < 4.78 is 0. The normalized spacial score (nSPS) is 41.0. The zero-order chi connectivity index (χ0) is 15.5. The number of carbonyl (C=O) groups is 2. The van der Waals surface area contributed by atoms with Gasteiger partial charge in [0.2, 0.25) is 6.04 Å². The van der Waals surface area contributed by atoms with Crippen LogP contribution in [0.5, 0.6) is 0 Å². The molecule has 20 heavy (non-hydrogen) atoms. The number of hydrogen-bond acceptors (Lipinski definition) is 5. The lowest BCUT2D eigenvalue weighted by Gasteiger charge is -2.42. The third-order valence-electron chi connectivity index (χ3n) is 5.48. The van der Waals surface area contributed by atoms with Gasteiger partial charge in [-0.05, 0) is 12.8 Å². The van der Waals surface area contributed by atoms with Crippen molar-refractivity contribution in [2.45, 2.75) is 38.3 Å². The first-order valence-electron chi connectivity index (χ1n) is 6.59. The van der Waals surface area contributed by atoms with E-state index in [0.29, 0.717) is 0 Å². The fourth-order valence-electron chi connectivity index (χ4n) is 4.53. The topological polar surface area (TPSA) is 144 Å². The maximum Gasteiger partial charge on any atom is 0.324 e. The Balaban J connectivity index is 2.61. The molecule has 0 aliphatic heterocycles. The zero-order valence-electron chi connectivity index (χ0n) is 11.3. The van der Waals surface area contributed by atoms with E-state index in [1.165, 1.54) is 0 Å². The monoisotopic (exact) mass is 286 g/mol. The van der Waals surface area contributed by atoms with Gasteiger partial charge >= 0.3 is 11.9 Å². The van der Waals surface area contributed by atoms with Crippen molar-refractivity contribution < 1.29 is 24.7 Å². The lowest BCUT2D eigenvalue weighted by molar-refractivity contribution is -0.546. The third-order valence-corrected chi connectivity index (χ3v) is 5.48. The standard InChI is InChI=1S/C12H18N2O6/c1-3-11(4-2)8(14(19)20)5-6(9(15)16)7(5)12(11,13)10(17)18/h5-8H,3-4,13H2,1-2H3,(H,15,16)(H,17,18)/t5-,6-,7+,8-,12-/m1/s1.